The molecule has 0 nitrogen and oxygen atoms in total. The van der Waals surface area contributed by atoms with Crippen molar-refractivity contribution < 1.29 is 0 Å². The van der Waals surface area contributed by atoms with E-state index in [1.54, 1.807) is 0 Å². The van der Waals surface area contributed by atoms with Crippen LogP contribution in [-0.4, -0.2) is 0 Å². The molecule has 0 aromatic heterocycles. The van der Waals surface area contributed by atoms with Gasteiger partial charge in [0.1, 0.15) is 0 Å². The summed E-state index contributed by atoms with van der Waals surface area (Å²) < 4.78 is 0. The average Bonchev–Trinajstić information content (AvgIpc) is 1.97. The molecule has 0 aromatic rings. The third-order valence-electron chi connectivity index (χ3n) is 1.01. The van der Waals surface area contributed by atoms with Crippen molar-refractivity contribution in [3.05, 3.63) is 36.0 Å². The fourth-order valence-corrected chi connectivity index (χ4v) is 0.488. The molecule has 0 atom stereocenters. The molecule has 0 aliphatic carbocycles. The third kappa shape index (κ3) is 6.67. The van der Waals surface area contributed by atoms with Crippen LogP contribution in [0.3, 0.4) is 0 Å². The molecule has 0 aromatic carbocycles. The lowest BCUT2D eigenvalue weighted by molar-refractivity contribution is 1.55. The van der Waals surface area contributed by atoms with Crippen molar-refractivity contribution in [1.82, 2.24) is 0 Å². The lowest BCUT2D eigenvalue weighted by Gasteiger charge is -1.82. The maximum absolute atomic E-state index is 3.69. The summed E-state index contributed by atoms with van der Waals surface area (Å²) in [5, 5.41) is 0. The van der Waals surface area contributed by atoms with Crippen LogP contribution in [0.2, 0.25) is 0 Å². The van der Waals surface area contributed by atoms with Gasteiger partial charge >= 0.3 is 0 Å². The Hall–Kier alpha value is -1.22. The minimum absolute atomic E-state index is 0.901. The van der Waals surface area contributed by atoms with Gasteiger partial charge in [0.05, 0.1) is 0 Å². The van der Waals surface area contributed by atoms with Crippen LogP contribution in [0.5, 0.6) is 0 Å². The van der Waals surface area contributed by atoms with Crippen molar-refractivity contribution in [2.75, 3.05) is 0 Å². The minimum Gasteiger partial charge on any atom is -0.0877 e. The highest BCUT2D eigenvalue weighted by atomic mass is 13.8. The Morgan fingerprint density at radius 1 is 1.27 bits per heavy atom. The predicted octanol–water partition coefficient (Wildman–Crippen LogP) is 3.09. The fourth-order valence-electron chi connectivity index (χ4n) is 0.488. The summed E-state index contributed by atoms with van der Waals surface area (Å²) >= 11 is 0. The second kappa shape index (κ2) is 5.56. The normalized spacial score (nSPS) is 11.0. The van der Waals surface area contributed by atoms with Gasteiger partial charge in [-0.3, -0.25) is 0 Å². The third-order valence-corrected chi connectivity index (χ3v) is 1.01. The molecule has 0 saturated carbocycles. The topological polar surface area (TPSA) is 0 Å². The molecule has 0 bridgehead atoms. The van der Waals surface area contributed by atoms with Crippen LogP contribution in [0, 0.1) is 11.8 Å². The monoisotopic (exact) mass is 146 g/mol. The standard InChI is InChI=1S/C11H14/c1-5-6-7-11(4)9-8-10(2)3/h5-7H,2H2,1,3-4H3/b6-5-,11-7-. The highest BCUT2D eigenvalue weighted by molar-refractivity contribution is 5.36. The molecular formula is C11H14. The van der Waals surface area contributed by atoms with Gasteiger partial charge in [-0.15, -0.1) is 0 Å². The summed E-state index contributed by atoms with van der Waals surface area (Å²) in [7, 11) is 0. The van der Waals surface area contributed by atoms with E-state index >= 15 is 0 Å². The quantitative estimate of drug-likeness (QED) is 0.394. The minimum atomic E-state index is 0.901. The largest absolute Gasteiger partial charge is 0.0877 e. The van der Waals surface area contributed by atoms with Gasteiger partial charge in [0.2, 0.25) is 0 Å². The summed E-state index contributed by atoms with van der Waals surface area (Å²) in [5.41, 5.74) is 1.96. The molecule has 0 aliphatic heterocycles. The first-order valence-electron chi connectivity index (χ1n) is 3.64. The molecule has 0 unspecified atom stereocenters. The maximum Gasteiger partial charge on any atom is -0.000726 e. The Morgan fingerprint density at radius 3 is 2.36 bits per heavy atom. The molecule has 0 fully saturated rings. The molecule has 0 heterocycles. The predicted molar refractivity (Wildman–Crippen MR) is 51.2 cm³/mol. The van der Waals surface area contributed by atoms with E-state index in [4.69, 9.17) is 0 Å². The van der Waals surface area contributed by atoms with Crippen LogP contribution in [0.25, 0.3) is 0 Å². The fraction of sp³-hybridized carbons (Fsp3) is 0.273. The average molecular weight is 146 g/mol. The number of hydrogen-bond acceptors (Lipinski definition) is 0. The Balaban J connectivity index is 4.19. The summed E-state index contributed by atoms with van der Waals surface area (Å²) in [4.78, 5) is 0. The van der Waals surface area contributed by atoms with E-state index in [2.05, 4.69) is 18.4 Å². The highest BCUT2D eigenvalue weighted by Gasteiger charge is 1.76. The van der Waals surface area contributed by atoms with Gasteiger partial charge in [0.15, 0.2) is 0 Å². The smallest absolute Gasteiger partial charge is 0.000726 e. The van der Waals surface area contributed by atoms with Crippen LogP contribution in [0.4, 0.5) is 0 Å². The van der Waals surface area contributed by atoms with Crippen molar-refractivity contribution >= 4 is 0 Å². The zero-order chi connectivity index (χ0) is 8.69. The number of allylic oxidation sites excluding steroid dienone is 5. The second-order valence-electron chi connectivity index (χ2n) is 2.41. The first kappa shape index (κ1) is 9.78. The molecule has 0 amide bonds. The maximum atomic E-state index is 3.69. The van der Waals surface area contributed by atoms with E-state index in [1.165, 1.54) is 0 Å². The molecular weight excluding hydrogens is 132 g/mol. The summed E-state index contributed by atoms with van der Waals surface area (Å²) in [6.07, 6.45) is 5.93. The summed E-state index contributed by atoms with van der Waals surface area (Å²) in [5.74, 6) is 5.88. The Bertz CT molecular complexity index is 241. The van der Waals surface area contributed by atoms with Crippen molar-refractivity contribution in [1.29, 1.82) is 0 Å². The molecule has 0 rings (SSSR count). The molecule has 0 heteroatoms. The first-order valence-corrected chi connectivity index (χ1v) is 3.64. The van der Waals surface area contributed by atoms with Crippen molar-refractivity contribution in [2.45, 2.75) is 20.8 Å². The van der Waals surface area contributed by atoms with Crippen LogP contribution in [0.15, 0.2) is 36.0 Å². The molecule has 0 aliphatic rings. The van der Waals surface area contributed by atoms with Crippen molar-refractivity contribution in [3.63, 3.8) is 0 Å². The van der Waals surface area contributed by atoms with E-state index in [-0.39, 0.29) is 0 Å². The Labute approximate surface area is 69.3 Å². The van der Waals surface area contributed by atoms with Crippen LogP contribution in [-0.2, 0) is 0 Å². The lowest BCUT2D eigenvalue weighted by atomic mass is 10.2. The molecule has 0 N–H and O–H groups in total. The van der Waals surface area contributed by atoms with E-state index < -0.39 is 0 Å². The molecule has 0 spiro atoms. The summed E-state index contributed by atoms with van der Waals surface area (Å²) in [6.45, 7) is 9.55. The van der Waals surface area contributed by atoms with Crippen LogP contribution < -0.4 is 0 Å². The van der Waals surface area contributed by atoms with Gasteiger partial charge in [-0.25, -0.2) is 0 Å². The van der Waals surface area contributed by atoms with Crippen molar-refractivity contribution in [2.24, 2.45) is 0 Å². The van der Waals surface area contributed by atoms with Gasteiger partial charge in [0, 0.05) is 0 Å². The Kier molecular flexibility index (Phi) is 4.94. The lowest BCUT2D eigenvalue weighted by Crippen LogP contribution is -1.67. The van der Waals surface area contributed by atoms with Gasteiger partial charge in [-0.2, -0.15) is 0 Å². The van der Waals surface area contributed by atoms with Gasteiger partial charge in [-0.05, 0) is 31.9 Å². The number of rotatable bonds is 1. The first-order chi connectivity index (χ1) is 5.16. The van der Waals surface area contributed by atoms with Crippen LogP contribution in [0.1, 0.15) is 20.8 Å². The Morgan fingerprint density at radius 2 is 1.91 bits per heavy atom. The van der Waals surface area contributed by atoms with E-state index in [0.29, 0.717) is 0 Å². The zero-order valence-electron chi connectivity index (χ0n) is 7.44. The number of hydrogen-bond donors (Lipinski definition) is 0. The van der Waals surface area contributed by atoms with E-state index in [1.807, 2.05) is 39.0 Å². The van der Waals surface area contributed by atoms with Gasteiger partial charge in [-0.1, -0.05) is 36.6 Å². The zero-order valence-corrected chi connectivity index (χ0v) is 7.44. The van der Waals surface area contributed by atoms with E-state index in [9.17, 15) is 0 Å². The molecule has 0 saturated heterocycles. The van der Waals surface area contributed by atoms with E-state index in [0.717, 1.165) is 11.1 Å². The summed E-state index contributed by atoms with van der Waals surface area (Å²) in [6, 6.07) is 0. The molecule has 58 valence electrons. The van der Waals surface area contributed by atoms with Crippen molar-refractivity contribution in [3.8, 4) is 11.8 Å². The molecule has 11 heavy (non-hydrogen) atoms. The highest BCUT2D eigenvalue weighted by Crippen LogP contribution is 1.91. The van der Waals surface area contributed by atoms with Crippen LogP contribution >= 0.6 is 0 Å². The second-order valence-corrected chi connectivity index (χ2v) is 2.41. The van der Waals surface area contributed by atoms with Gasteiger partial charge < -0.3 is 0 Å². The SMILES string of the molecule is C=C(C)C#C/C(C)=C\C=C/C. The molecule has 0 radical (unpaired) electrons. The van der Waals surface area contributed by atoms with Gasteiger partial charge in [0.25, 0.3) is 0 Å².